The van der Waals surface area contributed by atoms with Crippen molar-refractivity contribution in [2.75, 3.05) is 7.11 Å². The minimum atomic E-state index is -0.152. The molecule has 2 aromatic rings. The first-order valence-electron chi connectivity index (χ1n) is 6.09. The van der Waals surface area contributed by atoms with E-state index in [1.807, 2.05) is 30.3 Å². The third-order valence-corrected chi connectivity index (χ3v) is 3.46. The molecule has 18 heavy (non-hydrogen) atoms. The number of methoxy groups -OCH3 is 1. The molecule has 1 unspecified atom stereocenters. The summed E-state index contributed by atoms with van der Waals surface area (Å²) in [5.41, 5.74) is 11.1. The van der Waals surface area contributed by atoms with E-state index < -0.39 is 0 Å². The van der Waals surface area contributed by atoms with Crippen molar-refractivity contribution >= 4 is 0 Å². The molecule has 0 heterocycles. The number of aryl methyl sites for hydroxylation is 1. The molecule has 2 heteroatoms. The van der Waals surface area contributed by atoms with E-state index in [4.69, 9.17) is 10.5 Å². The zero-order valence-electron chi connectivity index (χ0n) is 11.1. The summed E-state index contributed by atoms with van der Waals surface area (Å²) in [6.07, 6.45) is 0. The minimum Gasteiger partial charge on any atom is -0.496 e. The highest BCUT2D eigenvalue weighted by atomic mass is 16.5. The van der Waals surface area contributed by atoms with Crippen LogP contribution in [0.25, 0.3) is 0 Å². The lowest BCUT2D eigenvalue weighted by atomic mass is 9.93. The highest BCUT2D eigenvalue weighted by Crippen LogP contribution is 2.30. The van der Waals surface area contributed by atoms with E-state index >= 15 is 0 Å². The average Bonchev–Trinajstić information content (AvgIpc) is 2.41. The Morgan fingerprint density at radius 2 is 1.61 bits per heavy atom. The van der Waals surface area contributed by atoms with Gasteiger partial charge in [-0.25, -0.2) is 0 Å². The molecule has 0 aliphatic carbocycles. The van der Waals surface area contributed by atoms with Crippen LogP contribution in [-0.2, 0) is 0 Å². The number of nitrogens with two attached hydrogens (primary N) is 1. The number of hydrogen-bond acceptors (Lipinski definition) is 2. The monoisotopic (exact) mass is 241 g/mol. The lowest BCUT2D eigenvalue weighted by Gasteiger charge is -2.19. The van der Waals surface area contributed by atoms with Gasteiger partial charge >= 0.3 is 0 Å². The summed E-state index contributed by atoms with van der Waals surface area (Å²) in [4.78, 5) is 0. The fourth-order valence-electron chi connectivity index (χ4n) is 2.20. The SMILES string of the molecule is COc1ccccc1C(N)c1cccc(C)c1C. The summed E-state index contributed by atoms with van der Waals surface area (Å²) >= 11 is 0. The van der Waals surface area contributed by atoms with Gasteiger partial charge in [0, 0.05) is 5.56 Å². The predicted molar refractivity (Wildman–Crippen MR) is 74.9 cm³/mol. The summed E-state index contributed by atoms with van der Waals surface area (Å²) in [6, 6.07) is 14.0. The van der Waals surface area contributed by atoms with Crippen LogP contribution in [0.5, 0.6) is 5.75 Å². The fraction of sp³-hybridized carbons (Fsp3) is 0.250. The Morgan fingerprint density at radius 3 is 2.33 bits per heavy atom. The molecule has 1 atom stereocenters. The maximum atomic E-state index is 6.38. The Labute approximate surface area is 108 Å². The Hall–Kier alpha value is -1.80. The highest BCUT2D eigenvalue weighted by molar-refractivity contribution is 5.45. The minimum absolute atomic E-state index is 0.152. The number of ether oxygens (including phenoxy) is 1. The third kappa shape index (κ3) is 2.24. The van der Waals surface area contributed by atoms with Crippen molar-refractivity contribution in [3.05, 3.63) is 64.7 Å². The van der Waals surface area contributed by atoms with Gasteiger partial charge in [-0.1, -0.05) is 36.4 Å². The smallest absolute Gasteiger partial charge is 0.123 e. The molecule has 0 saturated heterocycles. The van der Waals surface area contributed by atoms with Crippen molar-refractivity contribution in [3.8, 4) is 5.75 Å². The second kappa shape index (κ2) is 5.23. The molecular weight excluding hydrogens is 222 g/mol. The molecule has 2 N–H and O–H groups in total. The van der Waals surface area contributed by atoms with Crippen LogP contribution in [0, 0.1) is 13.8 Å². The van der Waals surface area contributed by atoms with Gasteiger partial charge in [0.05, 0.1) is 13.2 Å². The Balaban J connectivity index is 2.48. The summed E-state index contributed by atoms with van der Waals surface area (Å²) in [5.74, 6) is 0.839. The van der Waals surface area contributed by atoms with Gasteiger partial charge in [0.1, 0.15) is 5.75 Å². The van der Waals surface area contributed by atoms with Crippen LogP contribution in [0.1, 0.15) is 28.3 Å². The molecule has 0 amide bonds. The lowest BCUT2D eigenvalue weighted by Crippen LogP contribution is -2.14. The fourth-order valence-corrected chi connectivity index (χ4v) is 2.20. The van der Waals surface area contributed by atoms with Crippen LogP contribution in [0.3, 0.4) is 0 Å². The molecule has 2 aromatic carbocycles. The van der Waals surface area contributed by atoms with E-state index in [-0.39, 0.29) is 6.04 Å². The van der Waals surface area contributed by atoms with E-state index in [9.17, 15) is 0 Å². The third-order valence-electron chi connectivity index (χ3n) is 3.46. The van der Waals surface area contributed by atoms with Gasteiger partial charge in [-0.15, -0.1) is 0 Å². The first-order chi connectivity index (χ1) is 8.65. The van der Waals surface area contributed by atoms with Gasteiger partial charge in [0.25, 0.3) is 0 Å². The first kappa shape index (κ1) is 12.7. The topological polar surface area (TPSA) is 35.2 Å². The van der Waals surface area contributed by atoms with E-state index in [0.29, 0.717) is 0 Å². The van der Waals surface area contributed by atoms with E-state index in [1.54, 1.807) is 7.11 Å². The number of rotatable bonds is 3. The molecule has 94 valence electrons. The zero-order chi connectivity index (χ0) is 13.1. The van der Waals surface area contributed by atoms with Gasteiger partial charge in [0.2, 0.25) is 0 Å². The van der Waals surface area contributed by atoms with Crippen molar-refractivity contribution < 1.29 is 4.74 Å². The van der Waals surface area contributed by atoms with Crippen molar-refractivity contribution in [2.24, 2.45) is 5.73 Å². The molecule has 0 radical (unpaired) electrons. The van der Waals surface area contributed by atoms with Crippen LogP contribution >= 0.6 is 0 Å². The van der Waals surface area contributed by atoms with Crippen LogP contribution in [-0.4, -0.2) is 7.11 Å². The highest BCUT2D eigenvalue weighted by Gasteiger charge is 2.15. The van der Waals surface area contributed by atoms with Crippen molar-refractivity contribution in [3.63, 3.8) is 0 Å². The summed E-state index contributed by atoms with van der Waals surface area (Å²) < 4.78 is 5.38. The molecule has 0 saturated carbocycles. The molecule has 0 aliphatic rings. The summed E-state index contributed by atoms with van der Waals surface area (Å²) in [5, 5.41) is 0. The van der Waals surface area contributed by atoms with Crippen molar-refractivity contribution in [2.45, 2.75) is 19.9 Å². The Kier molecular flexibility index (Phi) is 3.68. The molecule has 2 nitrogen and oxygen atoms in total. The first-order valence-corrected chi connectivity index (χ1v) is 6.09. The van der Waals surface area contributed by atoms with Crippen LogP contribution in [0.4, 0.5) is 0 Å². The summed E-state index contributed by atoms with van der Waals surface area (Å²) in [6.45, 7) is 4.22. The van der Waals surface area contributed by atoms with Gasteiger partial charge in [-0.3, -0.25) is 0 Å². The molecule has 2 rings (SSSR count). The van der Waals surface area contributed by atoms with Gasteiger partial charge in [-0.2, -0.15) is 0 Å². The van der Waals surface area contributed by atoms with E-state index in [1.165, 1.54) is 11.1 Å². The van der Waals surface area contributed by atoms with Crippen LogP contribution in [0.15, 0.2) is 42.5 Å². The molecule has 0 aliphatic heterocycles. The second-order valence-corrected chi connectivity index (χ2v) is 4.51. The molecular formula is C16H19NO. The van der Waals surface area contributed by atoms with Gasteiger partial charge in [-0.05, 0) is 36.6 Å². The van der Waals surface area contributed by atoms with Gasteiger partial charge < -0.3 is 10.5 Å². The predicted octanol–water partition coefficient (Wildman–Crippen LogP) is 3.36. The molecule has 0 spiro atoms. The maximum Gasteiger partial charge on any atom is 0.123 e. The zero-order valence-corrected chi connectivity index (χ0v) is 11.1. The summed E-state index contributed by atoms with van der Waals surface area (Å²) in [7, 11) is 1.68. The standard InChI is InChI=1S/C16H19NO/c1-11-7-6-9-13(12(11)2)16(17)14-8-4-5-10-15(14)18-3/h4-10,16H,17H2,1-3H3. The largest absolute Gasteiger partial charge is 0.496 e. The second-order valence-electron chi connectivity index (χ2n) is 4.51. The van der Waals surface area contributed by atoms with Gasteiger partial charge in [0.15, 0.2) is 0 Å². The molecule has 0 aromatic heterocycles. The van der Waals surface area contributed by atoms with E-state index in [2.05, 4.69) is 26.0 Å². The lowest BCUT2D eigenvalue weighted by molar-refractivity contribution is 0.408. The normalized spacial score (nSPS) is 12.2. The quantitative estimate of drug-likeness (QED) is 0.894. The average molecular weight is 241 g/mol. The number of para-hydroxylation sites is 1. The molecule has 0 bridgehead atoms. The van der Waals surface area contributed by atoms with Crippen LogP contribution in [0.2, 0.25) is 0 Å². The number of benzene rings is 2. The Bertz CT molecular complexity index is 549. The van der Waals surface area contributed by atoms with Crippen LogP contribution < -0.4 is 10.5 Å². The number of hydrogen-bond donors (Lipinski definition) is 1. The Morgan fingerprint density at radius 1 is 0.944 bits per heavy atom. The molecule has 0 fully saturated rings. The van der Waals surface area contributed by atoms with Crippen molar-refractivity contribution in [1.82, 2.24) is 0 Å². The van der Waals surface area contributed by atoms with E-state index in [0.717, 1.165) is 16.9 Å². The maximum absolute atomic E-state index is 6.38. The van der Waals surface area contributed by atoms with Crippen molar-refractivity contribution in [1.29, 1.82) is 0 Å².